The zero-order chi connectivity index (χ0) is 19.1. The molecule has 2 heterocycles. The van der Waals surface area contributed by atoms with Crippen LogP contribution in [0.1, 0.15) is 56.2 Å². The van der Waals surface area contributed by atoms with Crippen LogP contribution in [0, 0.1) is 11.3 Å². The van der Waals surface area contributed by atoms with Gasteiger partial charge in [-0.2, -0.15) is 5.26 Å². The molecule has 1 aromatic carbocycles. The standard InChI is InChI=1S/C21H26N4O2/c1-3-4-12-27-19-14-16(9-10-18(19)26-2)13-17(15-22)21-24-23-20-8-6-5-7-11-25(20)21/h9-10,13-14H,3-8,11-12H2,1-2H3. The highest BCUT2D eigenvalue weighted by molar-refractivity contribution is 5.87. The van der Waals surface area contributed by atoms with Crippen molar-refractivity contribution < 1.29 is 9.47 Å². The van der Waals surface area contributed by atoms with E-state index in [1.54, 1.807) is 7.11 Å². The number of fused-ring (bicyclic) bond motifs is 1. The van der Waals surface area contributed by atoms with Gasteiger partial charge in [0.15, 0.2) is 17.3 Å². The minimum absolute atomic E-state index is 0.514. The summed E-state index contributed by atoms with van der Waals surface area (Å²) in [5.74, 6) is 3.01. The Kier molecular flexibility index (Phi) is 6.48. The highest BCUT2D eigenvalue weighted by Crippen LogP contribution is 2.30. The van der Waals surface area contributed by atoms with E-state index in [2.05, 4.69) is 27.8 Å². The van der Waals surface area contributed by atoms with Gasteiger partial charge in [0.25, 0.3) is 0 Å². The first-order valence-electron chi connectivity index (χ1n) is 9.62. The first-order chi connectivity index (χ1) is 13.3. The lowest BCUT2D eigenvalue weighted by molar-refractivity contribution is 0.288. The van der Waals surface area contributed by atoms with Crippen molar-refractivity contribution in [1.29, 1.82) is 5.26 Å². The number of allylic oxidation sites excluding steroid dienone is 1. The minimum Gasteiger partial charge on any atom is -0.493 e. The van der Waals surface area contributed by atoms with Crippen LogP contribution in [0.3, 0.4) is 0 Å². The number of nitriles is 1. The summed E-state index contributed by atoms with van der Waals surface area (Å²) in [6.45, 7) is 3.63. The van der Waals surface area contributed by atoms with Crippen LogP contribution in [0.25, 0.3) is 11.6 Å². The monoisotopic (exact) mass is 366 g/mol. The van der Waals surface area contributed by atoms with Crippen molar-refractivity contribution in [2.45, 2.75) is 52.0 Å². The van der Waals surface area contributed by atoms with Crippen molar-refractivity contribution in [2.75, 3.05) is 13.7 Å². The van der Waals surface area contributed by atoms with E-state index in [1.807, 2.05) is 24.3 Å². The maximum absolute atomic E-state index is 9.72. The van der Waals surface area contributed by atoms with Gasteiger partial charge in [-0.25, -0.2) is 0 Å². The average Bonchev–Trinajstić information content (AvgIpc) is 2.94. The molecule has 6 nitrogen and oxygen atoms in total. The second-order valence-electron chi connectivity index (χ2n) is 6.68. The maximum atomic E-state index is 9.72. The molecule has 0 unspecified atom stereocenters. The predicted molar refractivity (Wildman–Crippen MR) is 104 cm³/mol. The third-order valence-corrected chi connectivity index (χ3v) is 4.72. The average molecular weight is 366 g/mol. The topological polar surface area (TPSA) is 73.0 Å². The van der Waals surface area contributed by atoms with Crippen LogP contribution in [0.2, 0.25) is 0 Å². The van der Waals surface area contributed by atoms with Crippen molar-refractivity contribution in [3.05, 3.63) is 35.4 Å². The summed E-state index contributed by atoms with van der Waals surface area (Å²) in [5.41, 5.74) is 1.39. The molecule has 2 aromatic rings. The number of hydrogen-bond donors (Lipinski definition) is 0. The SMILES string of the molecule is CCCCOc1cc(C=C(C#N)c2nnc3n2CCCCC3)ccc1OC. The van der Waals surface area contributed by atoms with Crippen molar-refractivity contribution in [2.24, 2.45) is 0 Å². The number of methoxy groups -OCH3 is 1. The van der Waals surface area contributed by atoms with Crippen LogP contribution < -0.4 is 9.47 Å². The Morgan fingerprint density at radius 2 is 2.15 bits per heavy atom. The fraction of sp³-hybridized carbons (Fsp3) is 0.476. The van der Waals surface area contributed by atoms with E-state index in [4.69, 9.17) is 9.47 Å². The van der Waals surface area contributed by atoms with Crippen LogP contribution in [0.4, 0.5) is 0 Å². The fourth-order valence-corrected chi connectivity index (χ4v) is 3.22. The van der Waals surface area contributed by atoms with Gasteiger partial charge in [-0.15, -0.1) is 10.2 Å². The van der Waals surface area contributed by atoms with Gasteiger partial charge in [-0.05, 0) is 43.0 Å². The van der Waals surface area contributed by atoms with Crippen molar-refractivity contribution in [3.63, 3.8) is 0 Å². The Labute approximate surface area is 160 Å². The molecule has 1 aliphatic rings. The van der Waals surface area contributed by atoms with Gasteiger partial charge in [0.1, 0.15) is 11.9 Å². The highest BCUT2D eigenvalue weighted by atomic mass is 16.5. The Hall–Kier alpha value is -2.81. The molecule has 0 N–H and O–H groups in total. The Bertz CT molecular complexity index is 848. The number of ether oxygens (including phenoxy) is 2. The van der Waals surface area contributed by atoms with Crippen molar-refractivity contribution in [3.8, 4) is 17.6 Å². The Morgan fingerprint density at radius 1 is 1.26 bits per heavy atom. The molecule has 6 heteroatoms. The molecule has 1 aliphatic heterocycles. The van der Waals surface area contributed by atoms with Gasteiger partial charge >= 0.3 is 0 Å². The first-order valence-corrected chi connectivity index (χ1v) is 9.62. The Balaban J connectivity index is 1.91. The van der Waals surface area contributed by atoms with E-state index in [0.717, 1.165) is 50.0 Å². The second kappa shape index (κ2) is 9.22. The molecule has 0 bridgehead atoms. The van der Waals surface area contributed by atoms with Crippen LogP contribution in [0.5, 0.6) is 11.5 Å². The van der Waals surface area contributed by atoms with Gasteiger partial charge in [-0.1, -0.05) is 25.8 Å². The summed E-state index contributed by atoms with van der Waals surface area (Å²) >= 11 is 0. The molecule has 0 saturated heterocycles. The van der Waals surface area contributed by atoms with E-state index in [9.17, 15) is 5.26 Å². The summed E-state index contributed by atoms with van der Waals surface area (Å²) < 4.78 is 13.3. The molecule has 27 heavy (non-hydrogen) atoms. The number of hydrogen-bond acceptors (Lipinski definition) is 5. The van der Waals surface area contributed by atoms with Gasteiger partial charge in [0, 0.05) is 13.0 Å². The van der Waals surface area contributed by atoms with Crippen LogP contribution in [0.15, 0.2) is 18.2 Å². The van der Waals surface area contributed by atoms with Gasteiger partial charge < -0.3 is 14.0 Å². The molecule has 1 aromatic heterocycles. The van der Waals surface area contributed by atoms with Crippen LogP contribution in [-0.4, -0.2) is 28.5 Å². The third kappa shape index (κ3) is 4.48. The number of aryl methyl sites for hydroxylation is 1. The summed E-state index contributed by atoms with van der Waals surface area (Å²) in [4.78, 5) is 0. The molecule has 0 fully saturated rings. The molecule has 0 aliphatic carbocycles. The molecule has 142 valence electrons. The predicted octanol–water partition coefficient (Wildman–Crippen LogP) is 4.26. The molecule has 3 rings (SSSR count). The second-order valence-corrected chi connectivity index (χ2v) is 6.68. The summed E-state index contributed by atoms with van der Waals surface area (Å²) in [6, 6.07) is 7.98. The maximum Gasteiger partial charge on any atom is 0.174 e. The smallest absolute Gasteiger partial charge is 0.174 e. The molecule has 0 saturated carbocycles. The van der Waals surface area contributed by atoms with E-state index < -0.39 is 0 Å². The molecule has 0 atom stereocenters. The van der Waals surface area contributed by atoms with E-state index in [-0.39, 0.29) is 0 Å². The summed E-state index contributed by atoms with van der Waals surface area (Å²) in [5, 5.41) is 18.3. The molecule has 0 amide bonds. The molecule has 0 spiro atoms. The number of aromatic nitrogens is 3. The molecule has 0 radical (unpaired) electrons. The summed E-state index contributed by atoms with van der Waals surface area (Å²) in [7, 11) is 1.63. The number of nitrogens with zero attached hydrogens (tertiary/aromatic N) is 4. The lowest BCUT2D eigenvalue weighted by Gasteiger charge is -2.11. The first kappa shape index (κ1) is 19.0. The van der Waals surface area contributed by atoms with Crippen molar-refractivity contribution >= 4 is 11.6 Å². The fourth-order valence-electron chi connectivity index (χ4n) is 3.22. The molecular weight excluding hydrogens is 340 g/mol. The highest BCUT2D eigenvalue weighted by Gasteiger charge is 2.18. The van der Waals surface area contributed by atoms with Gasteiger partial charge in [-0.3, -0.25) is 0 Å². The lowest BCUT2D eigenvalue weighted by atomic mass is 10.1. The number of unbranched alkanes of at least 4 members (excludes halogenated alkanes) is 1. The Morgan fingerprint density at radius 3 is 2.93 bits per heavy atom. The zero-order valence-corrected chi connectivity index (χ0v) is 16.1. The minimum atomic E-state index is 0.514. The van der Waals surface area contributed by atoms with E-state index in [0.29, 0.717) is 29.5 Å². The van der Waals surface area contributed by atoms with Gasteiger partial charge in [0.2, 0.25) is 0 Å². The number of benzene rings is 1. The lowest BCUT2D eigenvalue weighted by Crippen LogP contribution is -2.05. The van der Waals surface area contributed by atoms with Gasteiger partial charge in [0.05, 0.1) is 19.3 Å². The summed E-state index contributed by atoms with van der Waals surface area (Å²) in [6.07, 6.45) is 8.22. The van der Waals surface area contributed by atoms with E-state index >= 15 is 0 Å². The van der Waals surface area contributed by atoms with Crippen LogP contribution in [-0.2, 0) is 13.0 Å². The van der Waals surface area contributed by atoms with E-state index in [1.165, 1.54) is 6.42 Å². The zero-order valence-electron chi connectivity index (χ0n) is 16.1. The number of rotatable bonds is 7. The third-order valence-electron chi connectivity index (χ3n) is 4.72. The van der Waals surface area contributed by atoms with Crippen LogP contribution >= 0.6 is 0 Å². The van der Waals surface area contributed by atoms with Crippen molar-refractivity contribution in [1.82, 2.24) is 14.8 Å². The molecular formula is C21H26N4O2. The normalized spacial score (nSPS) is 14.2. The largest absolute Gasteiger partial charge is 0.493 e. The quantitative estimate of drug-likeness (QED) is 0.541.